The van der Waals surface area contributed by atoms with E-state index in [4.69, 9.17) is 20.4 Å². The Morgan fingerprint density at radius 3 is 2.08 bits per heavy atom. The Bertz CT molecular complexity index is 928. The van der Waals surface area contributed by atoms with Crippen molar-refractivity contribution < 1.29 is 44.0 Å². The lowest BCUT2D eigenvalue weighted by Crippen LogP contribution is -2.48. The summed E-state index contributed by atoms with van der Waals surface area (Å²) in [5, 5.41) is 37.0. The average molecular weight is 511 g/mol. The van der Waals surface area contributed by atoms with Crippen LogP contribution in [0.5, 0.6) is 0 Å². The molecule has 1 aliphatic heterocycles. The molecule has 1 aliphatic carbocycles. The third-order valence-corrected chi connectivity index (χ3v) is 6.60. The number of halogens is 1. The van der Waals surface area contributed by atoms with Gasteiger partial charge in [-0.05, 0) is 62.9 Å². The van der Waals surface area contributed by atoms with E-state index in [1.807, 2.05) is 6.07 Å². The Labute approximate surface area is 209 Å². The van der Waals surface area contributed by atoms with Gasteiger partial charge in [0.05, 0.1) is 18.3 Å². The zero-order chi connectivity index (χ0) is 26.9. The molecule has 1 atom stereocenters. The predicted octanol–water partition coefficient (Wildman–Crippen LogP) is 1.99. The molecule has 3 rings (SSSR count). The topological polar surface area (TPSA) is 164 Å². The summed E-state index contributed by atoms with van der Waals surface area (Å²) < 4.78 is 13.5. The average Bonchev–Trinajstić information content (AvgIpc) is 3.61. The maximum atomic E-state index is 13.5. The lowest BCUT2D eigenvalue weighted by Gasteiger charge is -2.31. The molecule has 1 saturated heterocycles. The smallest absolute Gasteiger partial charge is 0.336 e. The van der Waals surface area contributed by atoms with Gasteiger partial charge in [0.25, 0.3) is 0 Å². The first kappa shape index (κ1) is 29.2. The number of piperidine rings is 1. The number of likely N-dealkylation sites (tertiary alicyclic amines) is 1. The quantitative estimate of drug-likeness (QED) is 0.299. The van der Waals surface area contributed by atoms with Gasteiger partial charge in [0.2, 0.25) is 5.91 Å². The fourth-order valence-electron chi connectivity index (χ4n) is 4.33. The molecule has 0 spiro atoms. The number of amides is 1. The van der Waals surface area contributed by atoms with Crippen LogP contribution in [0.25, 0.3) is 0 Å². The summed E-state index contributed by atoms with van der Waals surface area (Å²) >= 11 is 0. The second-order valence-corrected chi connectivity index (χ2v) is 9.51. The van der Waals surface area contributed by atoms with Crippen molar-refractivity contribution in [2.24, 2.45) is 0 Å². The highest BCUT2D eigenvalue weighted by atomic mass is 19.1. The molecule has 1 unspecified atom stereocenters. The molecular formula is C25H35FN2O8. The number of nitrogens with zero attached hydrogens (tertiary/aromatic N) is 1. The van der Waals surface area contributed by atoms with Gasteiger partial charge in [-0.3, -0.25) is 14.4 Å². The Kier molecular flexibility index (Phi) is 10.4. The molecule has 0 bridgehead atoms. The number of aliphatic hydroxyl groups is 1. The fraction of sp³-hybridized carbons (Fsp3) is 0.600. The van der Waals surface area contributed by atoms with E-state index >= 15 is 0 Å². The van der Waals surface area contributed by atoms with Gasteiger partial charge in [-0.2, -0.15) is 0 Å². The van der Waals surface area contributed by atoms with E-state index in [-0.39, 0.29) is 17.8 Å². The standard InChI is InChI=1S/C19H27FN2O.C6H8O7/c1-2-17(14-22-11-4-3-5-12-22)21-18(23)19(9-10-19)15-7-6-8-16(20)13-15;7-3(8)1-6(13,5(11)12)2-4(9)10/h6-8,13,17H,2-5,9-12,14H2,1H3,(H,21,23);13H,1-2H2,(H,7,8)(H,9,10)(H,11,12). The molecule has 1 aromatic carbocycles. The van der Waals surface area contributed by atoms with E-state index in [1.54, 1.807) is 6.07 Å². The van der Waals surface area contributed by atoms with E-state index < -0.39 is 41.8 Å². The SMILES string of the molecule is CCC(CN1CCCCC1)NC(=O)C1(c2cccc(F)c2)CC1.O=C(O)CC(O)(CC(=O)O)C(=O)O. The summed E-state index contributed by atoms with van der Waals surface area (Å²) in [4.78, 5) is 45.7. The van der Waals surface area contributed by atoms with E-state index in [1.165, 1.54) is 31.4 Å². The molecule has 2 fully saturated rings. The van der Waals surface area contributed by atoms with E-state index in [0.717, 1.165) is 44.5 Å². The van der Waals surface area contributed by atoms with Crippen LogP contribution >= 0.6 is 0 Å². The van der Waals surface area contributed by atoms with Crippen LogP contribution in [0.1, 0.15) is 63.9 Å². The molecule has 1 saturated carbocycles. The number of hydrogen-bond acceptors (Lipinski definition) is 6. The van der Waals surface area contributed by atoms with Crippen molar-refractivity contribution in [1.82, 2.24) is 10.2 Å². The zero-order valence-corrected chi connectivity index (χ0v) is 20.4. The molecule has 5 N–H and O–H groups in total. The summed E-state index contributed by atoms with van der Waals surface area (Å²) in [5.41, 5.74) is -2.41. The van der Waals surface area contributed by atoms with Gasteiger partial charge < -0.3 is 30.6 Å². The molecule has 200 valence electrons. The maximum absolute atomic E-state index is 13.5. The first-order valence-corrected chi connectivity index (χ1v) is 12.1. The summed E-state index contributed by atoms with van der Waals surface area (Å²) in [6, 6.07) is 6.71. The van der Waals surface area contributed by atoms with Gasteiger partial charge >= 0.3 is 17.9 Å². The van der Waals surface area contributed by atoms with Crippen LogP contribution in [0.3, 0.4) is 0 Å². The van der Waals surface area contributed by atoms with Crippen molar-refractivity contribution >= 4 is 23.8 Å². The van der Waals surface area contributed by atoms with Gasteiger partial charge in [0, 0.05) is 12.6 Å². The summed E-state index contributed by atoms with van der Waals surface area (Å²) in [5.74, 6) is -5.21. The minimum absolute atomic E-state index is 0.0759. The highest BCUT2D eigenvalue weighted by Crippen LogP contribution is 2.48. The molecule has 11 heteroatoms. The molecule has 36 heavy (non-hydrogen) atoms. The van der Waals surface area contributed by atoms with Crippen LogP contribution in [-0.2, 0) is 24.6 Å². The lowest BCUT2D eigenvalue weighted by atomic mass is 9.94. The van der Waals surface area contributed by atoms with Crippen LogP contribution < -0.4 is 5.32 Å². The van der Waals surface area contributed by atoms with E-state index in [0.29, 0.717) is 0 Å². The largest absolute Gasteiger partial charge is 0.481 e. The Morgan fingerprint density at radius 1 is 1.06 bits per heavy atom. The number of carboxylic acids is 3. The highest BCUT2D eigenvalue weighted by molar-refractivity contribution is 5.91. The Morgan fingerprint density at radius 2 is 1.64 bits per heavy atom. The number of benzene rings is 1. The van der Waals surface area contributed by atoms with Gasteiger partial charge in [0.1, 0.15) is 5.82 Å². The number of carbonyl (C=O) groups excluding carboxylic acids is 1. The number of nitrogens with one attached hydrogen (secondary N) is 1. The van der Waals surface area contributed by atoms with E-state index in [9.17, 15) is 23.6 Å². The first-order chi connectivity index (χ1) is 16.9. The van der Waals surface area contributed by atoms with Crippen LogP contribution in [0.4, 0.5) is 4.39 Å². The number of rotatable bonds is 11. The second-order valence-electron chi connectivity index (χ2n) is 9.51. The first-order valence-electron chi connectivity index (χ1n) is 12.1. The molecule has 1 amide bonds. The number of aliphatic carboxylic acids is 3. The minimum Gasteiger partial charge on any atom is -0.481 e. The third-order valence-electron chi connectivity index (χ3n) is 6.60. The fourth-order valence-corrected chi connectivity index (χ4v) is 4.33. The van der Waals surface area contributed by atoms with E-state index in [2.05, 4.69) is 17.1 Å². The summed E-state index contributed by atoms with van der Waals surface area (Å²) in [6.07, 6.45) is 4.13. The lowest BCUT2D eigenvalue weighted by molar-refractivity contribution is -0.170. The van der Waals surface area contributed by atoms with Crippen LogP contribution in [0, 0.1) is 5.82 Å². The molecule has 10 nitrogen and oxygen atoms in total. The minimum atomic E-state index is -2.74. The van der Waals surface area contributed by atoms with Gasteiger partial charge in [-0.1, -0.05) is 25.5 Å². The number of carbonyl (C=O) groups is 4. The summed E-state index contributed by atoms with van der Waals surface area (Å²) in [6.45, 7) is 5.33. The molecular weight excluding hydrogens is 475 g/mol. The number of carboxylic acid groups (broad SMARTS) is 3. The van der Waals surface area contributed by atoms with Crippen molar-refractivity contribution in [1.29, 1.82) is 0 Å². The van der Waals surface area contributed by atoms with Crippen molar-refractivity contribution in [3.05, 3.63) is 35.6 Å². The van der Waals surface area contributed by atoms with Crippen molar-refractivity contribution in [2.45, 2.75) is 75.3 Å². The van der Waals surface area contributed by atoms with Crippen molar-refractivity contribution in [3.8, 4) is 0 Å². The second kappa shape index (κ2) is 12.8. The van der Waals surface area contributed by atoms with Crippen molar-refractivity contribution in [3.63, 3.8) is 0 Å². The van der Waals surface area contributed by atoms with Crippen LogP contribution in [-0.4, -0.2) is 80.4 Å². The maximum Gasteiger partial charge on any atom is 0.336 e. The van der Waals surface area contributed by atoms with Gasteiger partial charge in [-0.15, -0.1) is 0 Å². The summed E-state index contributed by atoms with van der Waals surface area (Å²) in [7, 11) is 0. The molecule has 2 aliphatic rings. The Balaban J connectivity index is 0.000000302. The molecule has 1 aromatic rings. The van der Waals surface area contributed by atoms with Crippen LogP contribution in [0.2, 0.25) is 0 Å². The monoisotopic (exact) mass is 510 g/mol. The molecule has 1 heterocycles. The van der Waals surface area contributed by atoms with Gasteiger partial charge in [-0.25, -0.2) is 9.18 Å². The predicted molar refractivity (Wildman–Crippen MR) is 127 cm³/mol. The third kappa shape index (κ3) is 8.27. The molecule has 0 radical (unpaired) electrons. The van der Waals surface area contributed by atoms with Crippen molar-refractivity contribution in [2.75, 3.05) is 19.6 Å². The Hall–Kier alpha value is -3.05. The number of hydrogen-bond donors (Lipinski definition) is 5. The van der Waals surface area contributed by atoms with Gasteiger partial charge in [0.15, 0.2) is 5.60 Å². The van der Waals surface area contributed by atoms with Crippen LogP contribution in [0.15, 0.2) is 24.3 Å². The normalized spacial score (nSPS) is 17.8. The molecule has 0 aromatic heterocycles. The highest BCUT2D eigenvalue weighted by Gasteiger charge is 2.51. The zero-order valence-electron chi connectivity index (χ0n) is 20.4.